The van der Waals surface area contributed by atoms with Gasteiger partial charge in [0.2, 0.25) is 10.0 Å². The van der Waals surface area contributed by atoms with Crippen molar-refractivity contribution in [3.05, 3.63) is 60.2 Å². The van der Waals surface area contributed by atoms with Crippen LogP contribution in [0.4, 0.5) is 0 Å². The van der Waals surface area contributed by atoms with Gasteiger partial charge in [0, 0.05) is 32.7 Å². The maximum Gasteiger partial charge on any atom is 0.488 e. The first-order valence-electron chi connectivity index (χ1n) is 8.19. The molecule has 0 aromatic heterocycles. The summed E-state index contributed by atoms with van der Waals surface area (Å²) in [5, 5.41) is 18.2. The van der Waals surface area contributed by atoms with Crippen molar-refractivity contribution in [3.8, 4) is 0 Å². The lowest BCUT2D eigenvalue weighted by Crippen LogP contribution is -2.48. The molecule has 3 rings (SSSR count). The molecule has 2 N–H and O–H groups in total. The molecule has 8 heteroatoms. The molecular weight excluding hydrogens is 339 g/mol. The van der Waals surface area contributed by atoms with Crippen molar-refractivity contribution in [1.82, 2.24) is 9.21 Å². The summed E-state index contributed by atoms with van der Waals surface area (Å²) in [6.07, 6.45) is 0. The topological polar surface area (TPSA) is 81.1 Å². The normalized spacial score (nSPS) is 16.7. The molecule has 1 heterocycles. The van der Waals surface area contributed by atoms with Crippen LogP contribution in [0.2, 0.25) is 0 Å². The standard InChI is InChI=1S/C17H21BN2O4S/c21-18(22)16-6-8-17(9-7-16)25(23,24)20-12-10-19(11-13-20)14-15-4-2-1-3-5-15/h1-9,21-22H,10-14H2. The number of hydrogen-bond acceptors (Lipinski definition) is 5. The molecule has 25 heavy (non-hydrogen) atoms. The van der Waals surface area contributed by atoms with Gasteiger partial charge in [-0.15, -0.1) is 0 Å². The molecule has 0 bridgehead atoms. The Hall–Kier alpha value is -1.71. The van der Waals surface area contributed by atoms with Crippen LogP contribution in [0, 0.1) is 0 Å². The summed E-state index contributed by atoms with van der Waals surface area (Å²) in [7, 11) is -5.16. The molecule has 1 saturated heterocycles. The lowest BCUT2D eigenvalue weighted by atomic mass is 9.81. The number of hydrogen-bond donors (Lipinski definition) is 2. The van der Waals surface area contributed by atoms with Crippen LogP contribution in [0.15, 0.2) is 59.5 Å². The van der Waals surface area contributed by atoms with Crippen molar-refractivity contribution in [3.63, 3.8) is 0 Å². The lowest BCUT2D eigenvalue weighted by molar-refractivity contribution is 0.181. The largest absolute Gasteiger partial charge is 0.488 e. The average molecular weight is 360 g/mol. The molecule has 0 saturated carbocycles. The second-order valence-electron chi connectivity index (χ2n) is 6.11. The molecule has 6 nitrogen and oxygen atoms in total. The highest BCUT2D eigenvalue weighted by Gasteiger charge is 2.28. The maximum atomic E-state index is 12.7. The number of benzene rings is 2. The number of nitrogens with zero attached hydrogens (tertiary/aromatic N) is 2. The van der Waals surface area contributed by atoms with Gasteiger partial charge in [0.05, 0.1) is 4.90 Å². The third-order valence-electron chi connectivity index (χ3n) is 4.40. The lowest BCUT2D eigenvalue weighted by Gasteiger charge is -2.34. The van der Waals surface area contributed by atoms with Crippen LogP contribution >= 0.6 is 0 Å². The highest BCUT2D eigenvalue weighted by molar-refractivity contribution is 7.89. The summed E-state index contributed by atoms with van der Waals surface area (Å²) < 4.78 is 26.9. The molecule has 1 fully saturated rings. The minimum atomic E-state index is -3.56. The molecule has 0 radical (unpaired) electrons. The van der Waals surface area contributed by atoms with Gasteiger partial charge in [-0.1, -0.05) is 42.5 Å². The van der Waals surface area contributed by atoms with E-state index in [0.29, 0.717) is 26.2 Å². The maximum absolute atomic E-state index is 12.7. The zero-order valence-corrected chi connectivity index (χ0v) is 14.6. The van der Waals surface area contributed by atoms with Gasteiger partial charge in [0.15, 0.2) is 0 Å². The van der Waals surface area contributed by atoms with Crippen LogP contribution in [0.3, 0.4) is 0 Å². The number of sulfonamides is 1. The van der Waals surface area contributed by atoms with E-state index in [4.69, 9.17) is 10.0 Å². The second kappa shape index (κ2) is 7.67. The third kappa shape index (κ3) is 4.28. The summed E-state index contributed by atoms with van der Waals surface area (Å²) >= 11 is 0. The Labute approximate surface area is 148 Å². The SMILES string of the molecule is O=S(=O)(c1ccc(B(O)O)cc1)N1CCN(Cc2ccccc2)CC1. The number of piperazine rings is 1. The van der Waals surface area contributed by atoms with Gasteiger partial charge in [0.1, 0.15) is 0 Å². The van der Waals surface area contributed by atoms with Crippen LogP contribution in [-0.4, -0.2) is 61.0 Å². The Morgan fingerprint density at radius 1 is 0.880 bits per heavy atom. The van der Waals surface area contributed by atoms with E-state index in [9.17, 15) is 8.42 Å². The van der Waals surface area contributed by atoms with Gasteiger partial charge in [0.25, 0.3) is 0 Å². The fraction of sp³-hybridized carbons (Fsp3) is 0.294. The van der Waals surface area contributed by atoms with Gasteiger partial charge in [-0.05, 0) is 23.2 Å². The molecule has 0 unspecified atom stereocenters. The Morgan fingerprint density at radius 2 is 1.48 bits per heavy atom. The Balaban J connectivity index is 1.63. The van der Waals surface area contributed by atoms with Crippen LogP contribution in [0.25, 0.3) is 0 Å². The van der Waals surface area contributed by atoms with Crippen LogP contribution in [0.1, 0.15) is 5.56 Å². The molecular formula is C17H21BN2O4S. The van der Waals surface area contributed by atoms with Crippen molar-refractivity contribution in [1.29, 1.82) is 0 Å². The highest BCUT2D eigenvalue weighted by atomic mass is 32.2. The van der Waals surface area contributed by atoms with Crippen molar-refractivity contribution in [2.24, 2.45) is 0 Å². The predicted octanol–water partition coefficient (Wildman–Crippen LogP) is -0.127. The monoisotopic (exact) mass is 360 g/mol. The first kappa shape index (κ1) is 18.1. The number of rotatable bonds is 5. The molecule has 0 aliphatic carbocycles. The molecule has 0 amide bonds. The first-order chi connectivity index (χ1) is 12.0. The Bertz CT molecular complexity index is 789. The minimum Gasteiger partial charge on any atom is -0.423 e. The summed E-state index contributed by atoms with van der Waals surface area (Å²) in [4.78, 5) is 2.42. The van der Waals surface area contributed by atoms with E-state index in [1.54, 1.807) is 0 Å². The zero-order chi connectivity index (χ0) is 17.9. The van der Waals surface area contributed by atoms with Gasteiger partial charge >= 0.3 is 7.12 Å². The van der Waals surface area contributed by atoms with E-state index >= 15 is 0 Å². The fourth-order valence-corrected chi connectivity index (χ4v) is 4.35. The van der Waals surface area contributed by atoms with E-state index in [1.807, 2.05) is 18.2 Å². The van der Waals surface area contributed by atoms with Crippen molar-refractivity contribution < 1.29 is 18.5 Å². The average Bonchev–Trinajstić information content (AvgIpc) is 2.63. The Morgan fingerprint density at radius 3 is 2.04 bits per heavy atom. The van der Waals surface area contributed by atoms with E-state index in [-0.39, 0.29) is 10.4 Å². The molecule has 132 valence electrons. The molecule has 0 spiro atoms. The van der Waals surface area contributed by atoms with Gasteiger partial charge in [-0.3, -0.25) is 4.90 Å². The quantitative estimate of drug-likeness (QED) is 0.727. The molecule has 0 atom stereocenters. The van der Waals surface area contributed by atoms with Crippen molar-refractivity contribution in [2.75, 3.05) is 26.2 Å². The third-order valence-corrected chi connectivity index (χ3v) is 6.31. The van der Waals surface area contributed by atoms with Crippen LogP contribution < -0.4 is 5.46 Å². The molecule has 1 aliphatic heterocycles. The summed E-state index contributed by atoms with van der Waals surface area (Å²) in [5.41, 5.74) is 1.49. The first-order valence-corrected chi connectivity index (χ1v) is 9.63. The van der Waals surface area contributed by atoms with Crippen LogP contribution in [0.5, 0.6) is 0 Å². The smallest absolute Gasteiger partial charge is 0.423 e. The van der Waals surface area contributed by atoms with Gasteiger partial charge in [-0.25, -0.2) is 8.42 Å². The van der Waals surface area contributed by atoms with Crippen molar-refractivity contribution in [2.45, 2.75) is 11.4 Å². The van der Waals surface area contributed by atoms with Gasteiger partial charge in [-0.2, -0.15) is 4.31 Å². The fourth-order valence-electron chi connectivity index (χ4n) is 2.93. The van der Waals surface area contributed by atoms with Gasteiger partial charge < -0.3 is 10.0 Å². The summed E-state index contributed by atoms with van der Waals surface area (Å²) in [6.45, 7) is 3.07. The Kier molecular flexibility index (Phi) is 5.56. The molecule has 1 aliphatic rings. The summed E-state index contributed by atoms with van der Waals surface area (Å²) in [6, 6.07) is 15.8. The van der Waals surface area contributed by atoms with E-state index in [2.05, 4.69) is 17.0 Å². The van der Waals surface area contributed by atoms with Crippen LogP contribution in [-0.2, 0) is 16.6 Å². The minimum absolute atomic E-state index is 0.174. The van der Waals surface area contributed by atoms with E-state index in [1.165, 1.54) is 34.1 Å². The van der Waals surface area contributed by atoms with E-state index in [0.717, 1.165) is 6.54 Å². The highest BCUT2D eigenvalue weighted by Crippen LogP contribution is 2.18. The second-order valence-corrected chi connectivity index (χ2v) is 8.05. The predicted molar refractivity (Wildman–Crippen MR) is 96.7 cm³/mol. The van der Waals surface area contributed by atoms with Crippen molar-refractivity contribution >= 4 is 22.6 Å². The van der Waals surface area contributed by atoms with E-state index < -0.39 is 17.1 Å². The summed E-state index contributed by atoms with van der Waals surface area (Å²) in [5.74, 6) is 0. The molecule has 2 aromatic carbocycles. The molecule has 2 aromatic rings. The zero-order valence-electron chi connectivity index (χ0n) is 13.8.